The Balaban J connectivity index is 1.84. The molecule has 150 valence electrons. The zero-order valence-electron chi connectivity index (χ0n) is 15.5. The van der Waals surface area contributed by atoms with Crippen molar-refractivity contribution < 1.29 is 13.2 Å². The van der Waals surface area contributed by atoms with Gasteiger partial charge in [0, 0.05) is 18.6 Å². The van der Waals surface area contributed by atoms with Gasteiger partial charge < -0.3 is 5.32 Å². The molecule has 3 rings (SSSR count). The van der Waals surface area contributed by atoms with Crippen molar-refractivity contribution in [1.29, 1.82) is 0 Å². The van der Waals surface area contributed by atoms with Crippen LogP contribution in [0.3, 0.4) is 0 Å². The summed E-state index contributed by atoms with van der Waals surface area (Å²) in [6, 6.07) is 19.7. The molecule has 0 unspecified atom stereocenters. The Hall–Kier alpha value is -2.54. The molecule has 0 spiro atoms. The Labute approximate surface area is 179 Å². The van der Waals surface area contributed by atoms with Crippen LogP contribution in [0.1, 0.15) is 15.9 Å². The first-order valence-electron chi connectivity index (χ1n) is 8.66. The Morgan fingerprint density at radius 3 is 2.28 bits per heavy atom. The highest BCUT2D eigenvalue weighted by molar-refractivity contribution is 7.92. The van der Waals surface area contributed by atoms with Gasteiger partial charge in [0.25, 0.3) is 15.9 Å². The maximum Gasteiger partial charge on any atom is 0.264 e. The number of hydrogen-bond donors (Lipinski definition) is 1. The van der Waals surface area contributed by atoms with E-state index < -0.39 is 15.9 Å². The monoisotopic (exact) mass is 448 g/mol. The molecule has 0 saturated carbocycles. The largest absolute Gasteiger partial charge is 0.348 e. The van der Waals surface area contributed by atoms with E-state index in [-0.39, 0.29) is 22.0 Å². The standard InChI is InChI=1S/C21H18Cl2N2O3S/c1-25(29(27,28)17-8-3-2-4-9-17)16-11-12-20(23)18(13-16)21(26)24-14-15-7-5-6-10-19(15)22/h2-13H,14H2,1H3,(H,24,26). The maximum absolute atomic E-state index is 12.8. The van der Waals surface area contributed by atoms with E-state index in [0.29, 0.717) is 10.7 Å². The van der Waals surface area contributed by atoms with Crippen LogP contribution < -0.4 is 9.62 Å². The number of benzene rings is 3. The lowest BCUT2D eigenvalue weighted by Crippen LogP contribution is -2.27. The van der Waals surface area contributed by atoms with Gasteiger partial charge in [-0.1, -0.05) is 59.6 Å². The van der Waals surface area contributed by atoms with Crippen LogP contribution in [0.25, 0.3) is 0 Å². The molecule has 5 nitrogen and oxygen atoms in total. The molecule has 0 aliphatic heterocycles. The van der Waals surface area contributed by atoms with Crippen LogP contribution in [0, 0.1) is 0 Å². The minimum atomic E-state index is -3.77. The normalized spacial score (nSPS) is 11.1. The lowest BCUT2D eigenvalue weighted by molar-refractivity contribution is 0.0951. The SMILES string of the molecule is CN(c1ccc(Cl)c(C(=O)NCc2ccccc2Cl)c1)S(=O)(=O)c1ccccc1. The van der Waals surface area contributed by atoms with E-state index in [0.717, 1.165) is 9.87 Å². The fourth-order valence-corrected chi connectivity index (χ4v) is 4.30. The minimum Gasteiger partial charge on any atom is -0.348 e. The Morgan fingerprint density at radius 2 is 1.59 bits per heavy atom. The summed E-state index contributed by atoms with van der Waals surface area (Å²) < 4.78 is 26.8. The summed E-state index contributed by atoms with van der Waals surface area (Å²) in [7, 11) is -2.34. The quantitative estimate of drug-likeness (QED) is 0.591. The van der Waals surface area contributed by atoms with E-state index in [1.807, 2.05) is 6.07 Å². The summed E-state index contributed by atoms with van der Waals surface area (Å²) >= 11 is 12.3. The predicted octanol–water partition coefficient (Wildman–Crippen LogP) is 4.75. The third-order valence-electron chi connectivity index (χ3n) is 4.36. The Morgan fingerprint density at radius 1 is 0.931 bits per heavy atom. The number of nitrogens with one attached hydrogen (secondary N) is 1. The number of amides is 1. The fourth-order valence-electron chi connectivity index (χ4n) is 2.68. The van der Waals surface area contributed by atoms with Gasteiger partial charge in [0.05, 0.1) is 21.2 Å². The van der Waals surface area contributed by atoms with Crippen molar-refractivity contribution in [2.45, 2.75) is 11.4 Å². The van der Waals surface area contributed by atoms with Crippen LogP contribution in [0.4, 0.5) is 5.69 Å². The van der Waals surface area contributed by atoms with Crippen LogP contribution in [0.2, 0.25) is 10.0 Å². The van der Waals surface area contributed by atoms with Gasteiger partial charge in [-0.2, -0.15) is 0 Å². The molecule has 0 aliphatic rings. The number of halogens is 2. The number of carbonyl (C=O) groups is 1. The highest BCUT2D eigenvalue weighted by atomic mass is 35.5. The van der Waals surface area contributed by atoms with Gasteiger partial charge in [0.15, 0.2) is 0 Å². The first-order valence-corrected chi connectivity index (χ1v) is 10.9. The second-order valence-electron chi connectivity index (χ2n) is 6.22. The van der Waals surface area contributed by atoms with Gasteiger partial charge in [-0.15, -0.1) is 0 Å². The lowest BCUT2D eigenvalue weighted by Gasteiger charge is -2.20. The van der Waals surface area contributed by atoms with E-state index in [9.17, 15) is 13.2 Å². The molecule has 1 amide bonds. The molecule has 29 heavy (non-hydrogen) atoms. The summed E-state index contributed by atoms with van der Waals surface area (Å²) in [4.78, 5) is 12.8. The van der Waals surface area contributed by atoms with Crippen molar-refractivity contribution in [1.82, 2.24) is 5.32 Å². The molecular weight excluding hydrogens is 431 g/mol. The number of anilines is 1. The predicted molar refractivity (Wildman–Crippen MR) is 116 cm³/mol. The van der Waals surface area contributed by atoms with E-state index >= 15 is 0 Å². The number of nitrogens with zero attached hydrogens (tertiary/aromatic N) is 1. The van der Waals surface area contributed by atoms with Crippen LogP contribution in [-0.4, -0.2) is 21.4 Å². The smallest absolute Gasteiger partial charge is 0.264 e. The van der Waals surface area contributed by atoms with E-state index in [2.05, 4.69) is 5.32 Å². The van der Waals surface area contributed by atoms with Gasteiger partial charge in [-0.05, 0) is 42.0 Å². The van der Waals surface area contributed by atoms with Crippen molar-refractivity contribution in [3.05, 3.63) is 94.0 Å². The summed E-state index contributed by atoms with van der Waals surface area (Å²) in [5.41, 5.74) is 1.26. The molecule has 0 bridgehead atoms. The molecule has 0 aliphatic carbocycles. The van der Waals surface area contributed by atoms with Crippen molar-refractivity contribution in [3.8, 4) is 0 Å². The number of sulfonamides is 1. The van der Waals surface area contributed by atoms with Gasteiger partial charge in [0.2, 0.25) is 0 Å². The van der Waals surface area contributed by atoms with Gasteiger partial charge in [-0.3, -0.25) is 9.10 Å². The third kappa shape index (κ3) is 4.72. The molecule has 0 atom stereocenters. The maximum atomic E-state index is 12.8. The Kier molecular flexibility index (Phi) is 6.47. The number of carbonyl (C=O) groups excluding carboxylic acids is 1. The summed E-state index contributed by atoms with van der Waals surface area (Å²) in [5.74, 6) is -0.428. The molecule has 3 aromatic carbocycles. The van der Waals surface area contributed by atoms with Crippen molar-refractivity contribution in [2.24, 2.45) is 0 Å². The molecule has 0 aromatic heterocycles. The van der Waals surface area contributed by atoms with E-state index in [1.165, 1.54) is 31.3 Å². The topological polar surface area (TPSA) is 66.5 Å². The van der Waals surface area contributed by atoms with Crippen molar-refractivity contribution in [3.63, 3.8) is 0 Å². The van der Waals surface area contributed by atoms with Crippen molar-refractivity contribution >= 4 is 44.8 Å². The molecule has 0 saturated heterocycles. The first-order chi connectivity index (χ1) is 13.8. The highest BCUT2D eigenvalue weighted by Crippen LogP contribution is 2.27. The summed E-state index contributed by atoms with van der Waals surface area (Å²) in [5, 5.41) is 3.52. The first kappa shape index (κ1) is 21.2. The number of rotatable bonds is 6. The zero-order chi connectivity index (χ0) is 21.0. The molecular formula is C21H18Cl2N2O3S. The summed E-state index contributed by atoms with van der Waals surface area (Å²) in [6.07, 6.45) is 0. The third-order valence-corrected chi connectivity index (χ3v) is 6.86. The lowest BCUT2D eigenvalue weighted by atomic mass is 10.1. The van der Waals surface area contributed by atoms with E-state index in [4.69, 9.17) is 23.2 Å². The molecule has 0 fully saturated rings. The molecule has 3 aromatic rings. The molecule has 0 heterocycles. The summed E-state index contributed by atoms with van der Waals surface area (Å²) in [6.45, 7) is 0.219. The average molecular weight is 449 g/mol. The molecule has 8 heteroatoms. The molecule has 0 radical (unpaired) electrons. The van der Waals surface area contributed by atoms with Gasteiger partial charge in [0.1, 0.15) is 0 Å². The fraction of sp³-hybridized carbons (Fsp3) is 0.0952. The van der Waals surface area contributed by atoms with E-state index in [1.54, 1.807) is 42.5 Å². The van der Waals surface area contributed by atoms with Gasteiger partial charge >= 0.3 is 0 Å². The van der Waals surface area contributed by atoms with Crippen LogP contribution >= 0.6 is 23.2 Å². The molecule has 1 N–H and O–H groups in total. The second kappa shape index (κ2) is 8.86. The highest BCUT2D eigenvalue weighted by Gasteiger charge is 2.22. The van der Waals surface area contributed by atoms with Crippen molar-refractivity contribution in [2.75, 3.05) is 11.4 Å². The Bertz CT molecular complexity index is 1140. The van der Waals surface area contributed by atoms with Gasteiger partial charge in [-0.25, -0.2) is 8.42 Å². The average Bonchev–Trinajstić information content (AvgIpc) is 2.73. The second-order valence-corrected chi connectivity index (χ2v) is 9.01. The number of hydrogen-bond acceptors (Lipinski definition) is 3. The van der Waals surface area contributed by atoms with Crippen LogP contribution in [-0.2, 0) is 16.6 Å². The van der Waals surface area contributed by atoms with Crippen LogP contribution in [0.5, 0.6) is 0 Å². The zero-order valence-corrected chi connectivity index (χ0v) is 17.8. The minimum absolute atomic E-state index is 0.155. The van der Waals surface area contributed by atoms with Crippen LogP contribution in [0.15, 0.2) is 77.7 Å².